The van der Waals surface area contributed by atoms with E-state index in [0.29, 0.717) is 13.0 Å². The molecule has 0 spiro atoms. The van der Waals surface area contributed by atoms with Crippen molar-refractivity contribution in [1.29, 1.82) is 0 Å². The molecule has 0 bridgehead atoms. The lowest BCUT2D eigenvalue weighted by molar-refractivity contribution is -0.120. The van der Waals surface area contributed by atoms with Crippen molar-refractivity contribution in [2.45, 2.75) is 39.7 Å². The molecular weight excluding hydrogens is 258 g/mol. The van der Waals surface area contributed by atoms with Gasteiger partial charge in [0.05, 0.1) is 0 Å². The average Bonchev–Trinajstić information content (AvgIpc) is 2.54. The second-order valence-corrected chi connectivity index (χ2v) is 5.28. The molecule has 21 heavy (non-hydrogen) atoms. The minimum atomic E-state index is 0.0873. The van der Waals surface area contributed by atoms with Gasteiger partial charge in [-0.05, 0) is 34.7 Å². The highest BCUT2D eigenvalue weighted by molar-refractivity contribution is 5.75. The fourth-order valence-corrected chi connectivity index (χ4v) is 2.34. The summed E-state index contributed by atoms with van der Waals surface area (Å²) in [6.07, 6.45) is 2.83. The highest BCUT2D eigenvalue weighted by Crippen LogP contribution is 2.21. The lowest BCUT2D eigenvalue weighted by atomic mass is 10.0. The van der Waals surface area contributed by atoms with Crippen LogP contribution in [0.1, 0.15) is 37.8 Å². The normalized spacial score (nSPS) is 10.4. The zero-order chi connectivity index (χ0) is 15.1. The molecule has 0 aliphatic rings. The summed E-state index contributed by atoms with van der Waals surface area (Å²) < 4.78 is 0. The first kappa shape index (κ1) is 15.3. The number of hydrogen-bond acceptors (Lipinski definition) is 1. The molecule has 110 valence electrons. The Morgan fingerprint density at radius 1 is 0.952 bits per heavy atom. The Kier molecular flexibility index (Phi) is 5.56. The highest BCUT2D eigenvalue weighted by atomic mass is 16.1. The quantitative estimate of drug-likeness (QED) is 0.838. The van der Waals surface area contributed by atoms with Crippen LogP contribution >= 0.6 is 0 Å². The van der Waals surface area contributed by atoms with Gasteiger partial charge in [-0.15, -0.1) is 0 Å². The Balaban J connectivity index is 2.11. The summed E-state index contributed by atoms with van der Waals surface area (Å²) in [6, 6.07) is 17.1. The van der Waals surface area contributed by atoms with Crippen LogP contribution in [0.15, 0.2) is 48.5 Å². The van der Waals surface area contributed by atoms with Crippen LogP contribution < -0.4 is 5.32 Å². The van der Waals surface area contributed by atoms with E-state index in [1.165, 1.54) is 23.1 Å². The van der Waals surface area contributed by atoms with Crippen molar-refractivity contribution in [3.8, 4) is 11.1 Å². The predicted molar refractivity (Wildman–Crippen MR) is 88.0 cm³/mol. The molecule has 0 aliphatic heterocycles. The van der Waals surface area contributed by atoms with E-state index in [1.807, 2.05) is 19.1 Å². The maximum absolute atomic E-state index is 11.3. The molecule has 0 atom stereocenters. The number of carbonyl (C=O) groups excluding carboxylic acids is 1. The molecule has 1 amide bonds. The molecule has 2 nitrogen and oxygen atoms in total. The van der Waals surface area contributed by atoms with Crippen LogP contribution in [0.4, 0.5) is 0 Å². The lowest BCUT2D eigenvalue weighted by Gasteiger charge is -2.08. The zero-order valence-corrected chi connectivity index (χ0v) is 12.9. The number of rotatable bonds is 6. The van der Waals surface area contributed by atoms with Gasteiger partial charge in [0.2, 0.25) is 5.91 Å². The van der Waals surface area contributed by atoms with E-state index in [0.717, 1.165) is 12.0 Å². The molecule has 2 heteroatoms. The third-order valence-corrected chi connectivity index (χ3v) is 3.56. The summed E-state index contributed by atoms with van der Waals surface area (Å²) in [5, 5.41) is 2.91. The Morgan fingerprint density at radius 3 is 2.38 bits per heavy atom. The van der Waals surface area contributed by atoms with E-state index in [1.54, 1.807) is 0 Å². The van der Waals surface area contributed by atoms with Gasteiger partial charge in [-0.3, -0.25) is 4.79 Å². The van der Waals surface area contributed by atoms with Gasteiger partial charge in [-0.25, -0.2) is 0 Å². The molecule has 0 aliphatic carbocycles. The van der Waals surface area contributed by atoms with Gasteiger partial charge < -0.3 is 5.32 Å². The molecular formula is C19H23NO. The second kappa shape index (κ2) is 7.63. The molecule has 2 rings (SSSR count). The van der Waals surface area contributed by atoms with Crippen LogP contribution in [-0.4, -0.2) is 5.91 Å². The van der Waals surface area contributed by atoms with Crippen LogP contribution in [0.3, 0.4) is 0 Å². The molecule has 0 radical (unpaired) electrons. The van der Waals surface area contributed by atoms with Crippen molar-refractivity contribution in [2.24, 2.45) is 0 Å². The molecule has 2 aromatic rings. The van der Waals surface area contributed by atoms with Crippen LogP contribution in [-0.2, 0) is 17.8 Å². The topological polar surface area (TPSA) is 29.1 Å². The average molecular weight is 281 g/mol. The van der Waals surface area contributed by atoms with Crippen LogP contribution in [0.5, 0.6) is 0 Å². The Labute approximate surface area is 127 Å². The van der Waals surface area contributed by atoms with Crippen molar-refractivity contribution in [1.82, 2.24) is 5.32 Å². The molecule has 0 saturated carbocycles. The van der Waals surface area contributed by atoms with Gasteiger partial charge in [-0.2, -0.15) is 0 Å². The van der Waals surface area contributed by atoms with E-state index in [4.69, 9.17) is 0 Å². The van der Waals surface area contributed by atoms with Crippen molar-refractivity contribution < 1.29 is 4.79 Å². The number of aryl methyl sites for hydroxylation is 1. The number of carbonyl (C=O) groups is 1. The van der Waals surface area contributed by atoms with Crippen LogP contribution in [0, 0.1) is 0 Å². The Bertz CT molecular complexity index is 587. The molecule has 1 N–H and O–H groups in total. The van der Waals surface area contributed by atoms with Crippen molar-refractivity contribution in [3.05, 3.63) is 59.7 Å². The van der Waals surface area contributed by atoms with Crippen LogP contribution in [0.25, 0.3) is 11.1 Å². The standard InChI is InChI=1S/C19H23NO/c1-3-6-15-9-11-17(12-10-15)18-8-5-7-16(13-18)14-20-19(21)4-2/h5,7-13H,3-4,6,14H2,1-2H3,(H,20,21). The molecule has 0 heterocycles. The number of hydrogen-bond donors (Lipinski definition) is 1. The summed E-state index contributed by atoms with van der Waals surface area (Å²) in [5.41, 5.74) is 4.93. The predicted octanol–water partition coefficient (Wildman–Crippen LogP) is 4.33. The van der Waals surface area contributed by atoms with E-state index in [2.05, 4.69) is 48.6 Å². The zero-order valence-electron chi connectivity index (χ0n) is 12.9. The number of benzene rings is 2. The highest BCUT2D eigenvalue weighted by Gasteiger charge is 2.01. The van der Waals surface area contributed by atoms with Crippen molar-refractivity contribution in [3.63, 3.8) is 0 Å². The molecule has 0 saturated heterocycles. The molecule has 0 aromatic heterocycles. The number of nitrogens with one attached hydrogen (secondary N) is 1. The largest absolute Gasteiger partial charge is 0.352 e. The van der Waals surface area contributed by atoms with E-state index < -0.39 is 0 Å². The maximum Gasteiger partial charge on any atom is 0.219 e. The van der Waals surface area contributed by atoms with Gasteiger partial charge >= 0.3 is 0 Å². The third-order valence-electron chi connectivity index (χ3n) is 3.56. The fraction of sp³-hybridized carbons (Fsp3) is 0.316. The maximum atomic E-state index is 11.3. The number of amides is 1. The first-order valence-corrected chi connectivity index (χ1v) is 7.68. The van der Waals surface area contributed by atoms with Gasteiger partial charge in [0.25, 0.3) is 0 Å². The van der Waals surface area contributed by atoms with Gasteiger partial charge in [-0.1, -0.05) is 62.7 Å². The summed E-state index contributed by atoms with van der Waals surface area (Å²) >= 11 is 0. The van der Waals surface area contributed by atoms with Crippen molar-refractivity contribution >= 4 is 5.91 Å². The monoisotopic (exact) mass is 281 g/mol. The minimum absolute atomic E-state index is 0.0873. The Hall–Kier alpha value is -2.09. The molecule has 2 aromatic carbocycles. The third kappa shape index (κ3) is 4.45. The van der Waals surface area contributed by atoms with Crippen LogP contribution in [0.2, 0.25) is 0 Å². The second-order valence-electron chi connectivity index (χ2n) is 5.28. The van der Waals surface area contributed by atoms with Gasteiger partial charge in [0.1, 0.15) is 0 Å². The van der Waals surface area contributed by atoms with E-state index >= 15 is 0 Å². The fourth-order valence-electron chi connectivity index (χ4n) is 2.34. The van der Waals surface area contributed by atoms with Gasteiger partial charge in [0.15, 0.2) is 0 Å². The smallest absolute Gasteiger partial charge is 0.219 e. The first-order valence-electron chi connectivity index (χ1n) is 7.68. The van der Waals surface area contributed by atoms with Crippen molar-refractivity contribution in [2.75, 3.05) is 0 Å². The first-order chi connectivity index (χ1) is 10.2. The molecule has 0 unspecified atom stereocenters. The Morgan fingerprint density at radius 2 is 1.71 bits per heavy atom. The lowest BCUT2D eigenvalue weighted by Crippen LogP contribution is -2.21. The van der Waals surface area contributed by atoms with Gasteiger partial charge in [0, 0.05) is 13.0 Å². The summed E-state index contributed by atoms with van der Waals surface area (Å²) in [5.74, 6) is 0.0873. The van der Waals surface area contributed by atoms with E-state index in [-0.39, 0.29) is 5.91 Å². The summed E-state index contributed by atoms with van der Waals surface area (Å²) in [4.78, 5) is 11.3. The molecule has 0 fully saturated rings. The summed E-state index contributed by atoms with van der Waals surface area (Å²) in [7, 11) is 0. The van der Waals surface area contributed by atoms with E-state index in [9.17, 15) is 4.79 Å². The summed E-state index contributed by atoms with van der Waals surface area (Å²) in [6.45, 7) is 4.65. The minimum Gasteiger partial charge on any atom is -0.352 e. The SMILES string of the molecule is CCCc1ccc(-c2cccc(CNC(=O)CC)c2)cc1.